The Morgan fingerprint density at radius 2 is 2.26 bits per heavy atom. The molecule has 0 unspecified atom stereocenters. The zero-order valence-electron chi connectivity index (χ0n) is 10.4. The Hall–Kier alpha value is -1.59. The van der Waals surface area contributed by atoms with Crippen LogP contribution in [0, 0.1) is 0 Å². The van der Waals surface area contributed by atoms with Crippen LogP contribution in [0.25, 0.3) is 0 Å². The van der Waals surface area contributed by atoms with Crippen molar-refractivity contribution in [3.8, 4) is 0 Å². The molecule has 100 valence electrons. The number of thiophene rings is 1. The molecule has 2 rings (SSSR count). The summed E-state index contributed by atoms with van der Waals surface area (Å²) in [7, 11) is 0. The van der Waals surface area contributed by atoms with Gasteiger partial charge in [0.1, 0.15) is 0 Å². The van der Waals surface area contributed by atoms with E-state index in [0.29, 0.717) is 6.54 Å². The molecule has 0 aliphatic heterocycles. The monoisotopic (exact) mass is 295 g/mol. The van der Waals surface area contributed by atoms with Crippen LogP contribution in [-0.4, -0.2) is 11.0 Å². The lowest BCUT2D eigenvalue weighted by Gasteiger charge is -2.13. The van der Waals surface area contributed by atoms with Gasteiger partial charge in [0.15, 0.2) is 0 Å². The average Bonchev–Trinajstić information content (AvgIpc) is 2.83. The first-order chi connectivity index (χ1) is 9.15. The highest BCUT2D eigenvalue weighted by molar-refractivity contribution is 7.16. The van der Waals surface area contributed by atoms with E-state index < -0.39 is 0 Å². The van der Waals surface area contributed by atoms with Crippen LogP contribution in [0.15, 0.2) is 36.5 Å². The number of carbonyl (C=O) groups excluding carboxylic acids is 1. The molecule has 0 fully saturated rings. The van der Waals surface area contributed by atoms with Crippen LogP contribution in [0.3, 0.4) is 0 Å². The lowest BCUT2D eigenvalue weighted by Crippen LogP contribution is -2.36. The van der Waals surface area contributed by atoms with E-state index in [-0.39, 0.29) is 12.1 Å². The van der Waals surface area contributed by atoms with Crippen molar-refractivity contribution in [2.75, 3.05) is 0 Å². The van der Waals surface area contributed by atoms with Crippen molar-refractivity contribution in [2.24, 2.45) is 0 Å². The molecule has 0 aromatic carbocycles. The minimum atomic E-state index is -0.220. The molecule has 2 amide bonds. The Morgan fingerprint density at radius 3 is 2.89 bits per heavy atom. The van der Waals surface area contributed by atoms with E-state index >= 15 is 0 Å². The van der Waals surface area contributed by atoms with Gasteiger partial charge >= 0.3 is 6.03 Å². The summed E-state index contributed by atoms with van der Waals surface area (Å²) in [5.74, 6) is 0. The predicted molar refractivity (Wildman–Crippen MR) is 77.4 cm³/mol. The summed E-state index contributed by atoms with van der Waals surface area (Å²) in [4.78, 5) is 16.9. The molecule has 2 N–H and O–H groups in total. The van der Waals surface area contributed by atoms with Crippen molar-refractivity contribution in [2.45, 2.75) is 19.5 Å². The molecular weight excluding hydrogens is 282 g/mol. The van der Waals surface area contributed by atoms with Crippen LogP contribution < -0.4 is 10.6 Å². The third kappa shape index (κ3) is 4.22. The fraction of sp³-hybridized carbons (Fsp3) is 0.231. The van der Waals surface area contributed by atoms with Gasteiger partial charge in [-0.2, -0.15) is 0 Å². The number of hydrogen-bond donors (Lipinski definition) is 2. The zero-order chi connectivity index (χ0) is 13.7. The molecule has 4 nitrogen and oxygen atoms in total. The standard InChI is InChI=1S/C13H14ClN3OS/c1-9(11-4-2-3-7-15-11)17-13(18)16-8-10-5-6-12(14)19-10/h2-7,9H,8H2,1H3,(H2,16,17,18)/t9-/m0/s1. The third-order valence-electron chi connectivity index (χ3n) is 2.53. The number of aromatic nitrogens is 1. The molecule has 0 spiro atoms. The van der Waals surface area contributed by atoms with Crippen LogP contribution >= 0.6 is 22.9 Å². The summed E-state index contributed by atoms with van der Waals surface area (Å²) in [6.07, 6.45) is 1.71. The minimum absolute atomic E-state index is 0.131. The molecule has 0 saturated carbocycles. The molecule has 0 aliphatic carbocycles. The minimum Gasteiger partial charge on any atom is -0.333 e. The first-order valence-corrected chi connectivity index (χ1v) is 7.04. The first-order valence-electron chi connectivity index (χ1n) is 5.84. The number of carbonyl (C=O) groups is 1. The van der Waals surface area contributed by atoms with Crippen LogP contribution in [0.1, 0.15) is 23.5 Å². The Balaban J connectivity index is 1.81. The number of pyridine rings is 1. The molecular formula is C13H14ClN3OS. The molecule has 19 heavy (non-hydrogen) atoms. The predicted octanol–water partition coefficient (Wildman–Crippen LogP) is 3.36. The zero-order valence-corrected chi connectivity index (χ0v) is 12.0. The van der Waals surface area contributed by atoms with Gasteiger partial charge in [-0.1, -0.05) is 17.7 Å². The molecule has 0 radical (unpaired) electrons. The van der Waals surface area contributed by atoms with Crippen LogP contribution in [0.2, 0.25) is 4.34 Å². The van der Waals surface area contributed by atoms with Crippen molar-refractivity contribution in [1.29, 1.82) is 0 Å². The molecule has 0 aliphatic rings. The maximum Gasteiger partial charge on any atom is 0.315 e. The van der Waals surface area contributed by atoms with Crippen molar-refractivity contribution < 1.29 is 4.79 Å². The van der Waals surface area contributed by atoms with Crippen molar-refractivity contribution in [1.82, 2.24) is 15.6 Å². The van der Waals surface area contributed by atoms with Crippen molar-refractivity contribution in [3.05, 3.63) is 51.4 Å². The Bertz CT molecular complexity index is 544. The highest BCUT2D eigenvalue weighted by Gasteiger charge is 2.09. The van der Waals surface area contributed by atoms with Crippen molar-refractivity contribution >= 4 is 29.0 Å². The van der Waals surface area contributed by atoms with Crippen LogP contribution in [-0.2, 0) is 6.54 Å². The van der Waals surface area contributed by atoms with E-state index in [1.165, 1.54) is 11.3 Å². The molecule has 2 aromatic rings. The van der Waals surface area contributed by atoms with Crippen LogP contribution in [0.5, 0.6) is 0 Å². The fourth-order valence-corrected chi connectivity index (χ4v) is 2.60. The normalized spacial score (nSPS) is 11.9. The topological polar surface area (TPSA) is 54.0 Å². The van der Waals surface area contributed by atoms with Gasteiger partial charge in [0, 0.05) is 11.1 Å². The largest absolute Gasteiger partial charge is 0.333 e. The lowest BCUT2D eigenvalue weighted by molar-refractivity contribution is 0.237. The summed E-state index contributed by atoms with van der Waals surface area (Å²) in [6, 6.07) is 8.98. The molecule has 0 bridgehead atoms. The molecule has 0 saturated heterocycles. The van der Waals surface area contributed by atoms with Gasteiger partial charge in [0.2, 0.25) is 0 Å². The van der Waals surface area contributed by atoms with Gasteiger partial charge < -0.3 is 10.6 Å². The highest BCUT2D eigenvalue weighted by atomic mass is 35.5. The van der Waals surface area contributed by atoms with Gasteiger partial charge in [-0.3, -0.25) is 4.98 Å². The summed E-state index contributed by atoms with van der Waals surface area (Å²) in [5.41, 5.74) is 0.830. The number of rotatable bonds is 4. The molecule has 2 heterocycles. The Morgan fingerprint density at radius 1 is 1.42 bits per heavy atom. The Kier molecular flexibility index (Phi) is 4.76. The number of halogens is 1. The second-order valence-electron chi connectivity index (χ2n) is 4.01. The van der Waals surface area contributed by atoms with Gasteiger partial charge in [-0.05, 0) is 31.2 Å². The number of amides is 2. The summed E-state index contributed by atoms with van der Waals surface area (Å²) in [6.45, 7) is 2.36. The fourth-order valence-electron chi connectivity index (χ4n) is 1.57. The molecule has 6 heteroatoms. The number of urea groups is 1. The average molecular weight is 296 g/mol. The molecule has 1 atom stereocenters. The number of nitrogens with one attached hydrogen (secondary N) is 2. The van der Waals surface area contributed by atoms with Gasteiger partial charge in [0.25, 0.3) is 0 Å². The van der Waals surface area contributed by atoms with E-state index in [1.807, 2.05) is 37.3 Å². The summed E-state index contributed by atoms with van der Waals surface area (Å²) >= 11 is 7.28. The van der Waals surface area contributed by atoms with Gasteiger partial charge in [0.05, 0.1) is 22.6 Å². The number of hydrogen-bond acceptors (Lipinski definition) is 3. The van der Waals surface area contributed by atoms with Gasteiger partial charge in [-0.25, -0.2) is 4.79 Å². The summed E-state index contributed by atoms with van der Waals surface area (Å²) in [5, 5.41) is 5.62. The second-order valence-corrected chi connectivity index (χ2v) is 5.81. The van der Waals surface area contributed by atoms with E-state index in [1.54, 1.807) is 6.20 Å². The van der Waals surface area contributed by atoms with Crippen LogP contribution in [0.4, 0.5) is 4.79 Å². The van der Waals surface area contributed by atoms with Gasteiger partial charge in [-0.15, -0.1) is 11.3 Å². The van der Waals surface area contributed by atoms with E-state index in [2.05, 4.69) is 15.6 Å². The quantitative estimate of drug-likeness (QED) is 0.909. The highest BCUT2D eigenvalue weighted by Crippen LogP contribution is 2.20. The molecule has 2 aromatic heterocycles. The third-order valence-corrected chi connectivity index (χ3v) is 3.76. The Labute approximate surface area is 120 Å². The second kappa shape index (κ2) is 6.54. The van der Waals surface area contributed by atoms with E-state index in [0.717, 1.165) is 14.9 Å². The maximum absolute atomic E-state index is 11.7. The van der Waals surface area contributed by atoms with E-state index in [4.69, 9.17) is 11.6 Å². The number of nitrogens with zero attached hydrogens (tertiary/aromatic N) is 1. The summed E-state index contributed by atoms with van der Waals surface area (Å²) < 4.78 is 0.721. The smallest absolute Gasteiger partial charge is 0.315 e. The maximum atomic E-state index is 11.7. The lowest BCUT2D eigenvalue weighted by atomic mass is 10.2. The SMILES string of the molecule is C[C@H](NC(=O)NCc1ccc(Cl)s1)c1ccccn1. The van der Waals surface area contributed by atoms with E-state index in [9.17, 15) is 4.79 Å². The van der Waals surface area contributed by atoms with Crippen molar-refractivity contribution in [3.63, 3.8) is 0 Å². The first kappa shape index (κ1) is 13.8.